The molecule has 0 N–H and O–H groups in total. The molecule has 0 fully saturated rings. The molecule has 0 aliphatic heterocycles. The Morgan fingerprint density at radius 1 is 1.18 bits per heavy atom. The number of rotatable bonds is 4. The highest BCUT2D eigenvalue weighted by molar-refractivity contribution is 7.92. The van der Waals surface area contributed by atoms with E-state index in [0.29, 0.717) is 11.3 Å². The summed E-state index contributed by atoms with van der Waals surface area (Å²) in [6.07, 6.45) is 0.908. The van der Waals surface area contributed by atoms with Crippen molar-refractivity contribution in [1.29, 1.82) is 0 Å². The molecule has 0 radical (unpaired) electrons. The third kappa shape index (κ3) is 2.64. The molecule has 4 nitrogen and oxygen atoms in total. The number of benzene rings is 1. The first-order chi connectivity index (χ1) is 10.6. The summed E-state index contributed by atoms with van der Waals surface area (Å²) >= 11 is 2.61. The van der Waals surface area contributed by atoms with Gasteiger partial charge in [-0.05, 0) is 36.4 Å². The normalized spacial score (nSPS) is 13.1. The van der Waals surface area contributed by atoms with Gasteiger partial charge < -0.3 is 4.57 Å². The van der Waals surface area contributed by atoms with Crippen LogP contribution < -0.4 is 4.80 Å². The van der Waals surface area contributed by atoms with E-state index in [-0.39, 0.29) is 4.21 Å². The molecule has 2 heterocycles. The minimum atomic E-state index is -3.64. The smallest absolute Gasteiger partial charge is 0.294 e. The maximum Gasteiger partial charge on any atom is 0.294 e. The average Bonchev–Trinajstić information content (AvgIpc) is 3.13. The molecular formula is C15H16N2O2S3. The molecule has 22 heavy (non-hydrogen) atoms. The van der Waals surface area contributed by atoms with Gasteiger partial charge in [-0.25, -0.2) is 0 Å². The minimum Gasteiger partial charge on any atom is -0.316 e. The number of thiazole rings is 1. The molecule has 0 atom stereocenters. The van der Waals surface area contributed by atoms with Gasteiger partial charge in [0.2, 0.25) is 4.80 Å². The molecule has 3 aromatic rings. The SMILES string of the molecule is CCc1cccc2sc(=NS(=O)(=O)c3cccs3)n(CC)c12. The van der Waals surface area contributed by atoms with E-state index in [2.05, 4.69) is 17.4 Å². The van der Waals surface area contributed by atoms with Crippen LogP contribution in [0.4, 0.5) is 0 Å². The van der Waals surface area contributed by atoms with Crippen molar-refractivity contribution in [3.05, 3.63) is 46.1 Å². The van der Waals surface area contributed by atoms with Crippen molar-refractivity contribution in [1.82, 2.24) is 4.57 Å². The van der Waals surface area contributed by atoms with Crippen molar-refractivity contribution in [2.45, 2.75) is 31.0 Å². The van der Waals surface area contributed by atoms with Crippen LogP contribution in [0.1, 0.15) is 19.4 Å². The summed E-state index contributed by atoms with van der Waals surface area (Å²) in [5.74, 6) is 0. The predicted octanol–water partition coefficient (Wildman–Crippen LogP) is 3.64. The maximum absolute atomic E-state index is 12.4. The number of fused-ring (bicyclic) bond motifs is 1. The lowest BCUT2D eigenvalue weighted by Gasteiger charge is -2.05. The van der Waals surface area contributed by atoms with E-state index in [1.165, 1.54) is 28.2 Å². The van der Waals surface area contributed by atoms with E-state index in [1.807, 2.05) is 23.6 Å². The maximum atomic E-state index is 12.4. The highest BCUT2D eigenvalue weighted by Crippen LogP contribution is 2.23. The van der Waals surface area contributed by atoms with Gasteiger partial charge in [0.15, 0.2) is 0 Å². The Morgan fingerprint density at radius 3 is 2.64 bits per heavy atom. The second-order valence-corrected chi connectivity index (χ2v) is 8.53. The lowest BCUT2D eigenvalue weighted by molar-refractivity contribution is 0.597. The molecule has 0 unspecified atom stereocenters. The summed E-state index contributed by atoms with van der Waals surface area (Å²) in [6, 6.07) is 9.42. The lowest BCUT2D eigenvalue weighted by atomic mass is 10.1. The average molecular weight is 353 g/mol. The third-order valence-corrected chi connectivity index (χ3v) is 7.23. The predicted molar refractivity (Wildman–Crippen MR) is 91.9 cm³/mol. The number of hydrogen-bond donors (Lipinski definition) is 0. The largest absolute Gasteiger partial charge is 0.316 e. The van der Waals surface area contributed by atoms with Gasteiger partial charge in [-0.3, -0.25) is 0 Å². The molecular weight excluding hydrogens is 336 g/mol. The Morgan fingerprint density at radius 2 is 2.00 bits per heavy atom. The van der Waals surface area contributed by atoms with E-state index >= 15 is 0 Å². The van der Waals surface area contributed by atoms with Crippen molar-refractivity contribution < 1.29 is 8.42 Å². The zero-order chi connectivity index (χ0) is 15.7. The molecule has 0 aliphatic rings. The van der Waals surface area contributed by atoms with Gasteiger partial charge in [0.05, 0.1) is 10.2 Å². The van der Waals surface area contributed by atoms with E-state index < -0.39 is 10.0 Å². The standard InChI is InChI=1S/C15H16N2O2S3/c1-3-11-7-5-8-12-14(11)17(4-2)15(21-12)16-22(18,19)13-9-6-10-20-13/h5-10H,3-4H2,1-2H3. The third-order valence-electron chi connectivity index (χ3n) is 3.43. The van der Waals surface area contributed by atoms with Gasteiger partial charge >= 0.3 is 0 Å². The van der Waals surface area contributed by atoms with Crippen molar-refractivity contribution in [2.24, 2.45) is 4.40 Å². The van der Waals surface area contributed by atoms with Crippen molar-refractivity contribution in [3.8, 4) is 0 Å². The Balaban J connectivity index is 2.30. The molecule has 0 spiro atoms. The van der Waals surface area contributed by atoms with E-state index in [1.54, 1.807) is 17.5 Å². The Bertz CT molecular complexity index is 964. The molecule has 0 aliphatic carbocycles. The number of hydrogen-bond acceptors (Lipinski definition) is 4. The summed E-state index contributed by atoms with van der Waals surface area (Å²) in [7, 11) is -3.64. The number of aryl methyl sites for hydroxylation is 2. The van der Waals surface area contributed by atoms with Gasteiger partial charge in [-0.1, -0.05) is 36.5 Å². The topological polar surface area (TPSA) is 51.4 Å². The molecule has 7 heteroatoms. The molecule has 0 amide bonds. The summed E-state index contributed by atoms with van der Waals surface area (Å²) in [5, 5.41) is 1.75. The Hall–Kier alpha value is -1.44. The second-order valence-electron chi connectivity index (χ2n) is 4.74. The van der Waals surface area contributed by atoms with E-state index in [4.69, 9.17) is 0 Å². The second kappa shape index (κ2) is 5.98. The fourth-order valence-electron chi connectivity index (χ4n) is 2.41. The summed E-state index contributed by atoms with van der Waals surface area (Å²) in [4.78, 5) is 0.534. The van der Waals surface area contributed by atoms with Crippen LogP contribution in [0.15, 0.2) is 44.3 Å². The number of nitrogens with zero attached hydrogens (tertiary/aromatic N) is 2. The summed E-state index contributed by atoms with van der Waals surface area (Å²) < 4.78 is 32.2. The van der Waals surface area contributed by atoms with E-state index in [9.17, 15) is 8.42 Å². The van der Waals surface area contributed by atoms with Gasteiger partial charge in [0.1, 0.15) is 4.21 Å². The van der Waals surface area contributed by atoms with Gasteiger partial charge in [0.25, 0.3) is 10.0 Å². The van der Waals surface area contributed by atoms with Crippen molar-refractivity contribution >= 4 is 42.9 Å². The molecule has 0 saturated heterocycles. The van der Waals surface area contributed by atoms with Crippen LogP contribution >= 0.6 is 22.7 Å². The molecule has 116 valence electrons. The first kappa shape index (κ1) is 15.5. The van der Waals surface area contributed by atoms with Crippen LogP contribution in [-0.2, 0) is 23.0 Å². The fourth-order valence-corrected chi connectivity index (χ4v) is 5.72. The number of sulfonamides is 1. The lowest BCUT2D eigenvalue weighted by Crippen LogP contribution is -2.16. The van der Waals surface area contributed by atoms with Crippen LogP contribution in [0.25, 0.3) is 10.2 Å². The Kier molecular flexibility index (Phi) is 4.20. The number of aromatic nitrogens is 1. The van der Waals surface area contributed by atoms with Crippen molar-refractivity contribution in [2.75, 3.05) is 0 Å². The summed E-state index contributed by atoms with van der Waals surface area (Å²) in [6.45, 7) is 4.80. The molecule has 0 saturated carbocycles. The van der Waals surface area contributed by atoms with Gasteiger partial charge in [0, 0.05) is 6.54 Å². The number of para-hydroxylation sites is 1. The van der Waals surface area contributed by atoms with Crippen LogP contribution in [0, 0.1) is 0 Å². The zero-order valence-electron chi connectivity index (χ0n) is 12.3. The van der Waals surface area contributed by atoms with Crippen molar-refractivity contribution in [3.63, 3.8) is 0 Å². The minimum absolute atomic E-state index is 0.281. The van der Waals surface area contributed by atoms with Gasteiger partial charge in [-0.2, -0.15) is 8.42 Å². The molecule has 1 aromatic carbocycles. The first-order valence-electron chi connectivity index (χ1n) is 7.02. The number of thiophene rings is 1. The fraction of sp³-hybridized carbons (Fsp3) is 0.267. The highest BCUT2D eigenvalue weighted by Gasteiger charge is 2.16. The highest BCUT2D eigenvalue weighted by atomic mass is 32.2. The monoisotopic (exact) mass is 352 g/mol. The van der Waals surface area contributed by atoms with E-state index in [0.717, 1.165) is 16.6 Å². The zero-order valence-corrected chi connectivity index (χ0v) is 14.8. The molecule has 2 aromatic heterocycles. The van der Waals surface area contributed by atoms with Gasteiger partial charge in [-0.15, -0.1) is 15.7 Å². The van der Waals surface area contributed by atoms with Crippen LogP contribution in [0.3, 0.4) is 0 Å². The summed E-state index contributed by atoms with van der Waals surface area (Å²) in [5.41, 5.74) is 2.31. The van der Waals surface area contributed by atoms with Crippen LogP contribution in [0.5, 0.6) is 0 Å². The first-order valence-corrected chi connectivity index (χ1v) is 10.2. The molecule has 0 bridgehead atoms. The van der Waals surface area contributed by atoms with Crippen LogP contribution in [-0.4, -0.2) is 13.0 Å². The Labute approximate surface area is 137 Å². The quantitative estimate of drug-likeness (QED) is 0.720. The molecule has 3 rings (SSSR count). The van der Waals surface area contributed by atoms with Crippen LogP contribution in [0.2, 0.25) is 0 Å².